The lowest BCUT2D eigenvalue weighted by molar-refractivity contribution is -0.117. The van der Waals surface area contributed by atoms with E-state index in [1.807, 2.05) is 36.4 Å². The van der Waals surface area contributed by atoms with Crippen molar-refractivity contribution < 1.29 is 14.3 Å². The first kappa shape index (κ1) is 19.1. The van der Waals surface area contributed by atoms with Crippen molar-refractivity contribution in [2.45, 2.75) is 24.7 Å². The van der Waals surface area contributed by atoms with Gasteiger partial charge in [0, 0.05) is 23.4 Å². The van der Waals surface area contributed by atoms with Gasteiger partial charge in [0.25, 0.3) is 0 Å². The van der Waals surface area contributed by atoms with Gasteiger partial charge in [-0.05, 0) is 41.3 Å². The smallest absolute Gasteiger partial charge is 0.205 e. The van der Waals surface area contributed by atoms with Gasteiger partial charge in [0.2, 0.25) is 5.88 Å². The van der Waals surface area contributed by atoms with Crippen molar-refractivity contribution in [3.05, 3.63) is 87.5 Å². The van der Waals surface area contributed by atoms with E-state index in [-0.39, 0.29) is 23.2 Å². The predicted octanol–water partition coefficient (Wildman–Crippen LogP) is 4.56. The lowest BCUT2D eigenvalue weighted by Gasteiger charge is -2.34. The minimum atomic E-state index is -0.537. The molecule has 1 aliphatic carbocycles. The highest BCUT2D eigenvalue weighted by Crippen LogP contribution is 2.46. The molecule has 0 spiro atoms. The molecule has 2 aromatic rings. The molecular weight excluding hydrogens is 388 g/mol. The van der Waals surface area contributed by atoms with Crippen LogP contribution in [-0.2, 0) is 9.53 Å². The topological polar surface area (TPSA) is 85.3 Å². The molecule has 2 aromatic carbocycles. The molecule has 0 unspecified atom stereocenters. The van der Waals surface area contributed by atoms with Crippen LogP contribution in [0.4, 0.5) is 0 Å². The molecule has 0 radical (unpaired) electrons. The number of benzene rings is 2. The Morgan fingerprint density at radius 3 is 2.38 bits per heavy atom. The molecule has 29 heavy (non-hydrogen) atoms. The number of hydrogen-bond donors (Lipinski definition) is 1. The van der Waals surface area contributed by atoms with Crippen molar-refractivity contribution in [2.24, 2.45) is 5.73 Å². The number of carbonyl (C=O) groups excluding carboxylic acids is 1. The van der Waals surface area contributed by atoms with E-state index in [0.717, 1.165) is 16.9 Å². The van der Waals surface area contributed by atoms with Crippen molar-refractivity contribution in [3.63, 3.8) is 0 Å². The minimum Gasteiger partial charge on any atom is -0.497 e. The number of rotatable bonds is 3. The fourth-order valence-corrected chi connectivity index (χ4v) is 4.13. The van der Waals surface area contributed by atoms with Crippen molar-refractivity contribution in [1.82, 2.24) is 0 Å². The summed E-state index contributed by atoms with van der Waals surface area (Å²) in [4.78, 5) is 13.2. The van der Waals surface area contributed by atoms with E-state index in [4.69, 9.17) is 26.8 Å². The third kappa shape index (κ3) is 3.48. The summed E-state index contributed by atoms with van der Waals surface area (Å²) in [6, 6.07) is 16.9. The van der Waals surface area contributed by atoms with Crippen molar-refractivity contribution >= 4 is 17.4 Å². The second-order valence-corrected chi connectivity index (χ2v) is 7.55. The Bertz CT molecular complexity index is 1060. The standard InChI is InChI=1S/C23H19ClN2O3/c1-28-17-8-4-13(5-9-17)15-10-19(27)22-20(11-15)29-23(26)18(12-25)21(22)14-2-6-16(24)7-3-14/h2-9,15,21H,10-11,26H2,1H3/t15-,21-/m0/s1. The molecule has 4 rings (SSSR count). The van der Waals surface area contributed by atoms with Gasteiger partial charge in [-0.15, -0.1) is 0 Å². The maximum atomic E-state index is 13.2. The number of nitriles is 1. The van der Waals surface area contributed by atoms with E-state index in [1.54, 1.807) is 19.2 Å². The van der Waals surface area contributed by atoms with Crippen LogP contribution in [0.1, 0.15) is 35.8 Å². The van der Waals surface area contributed by atoms with E-state index in [1.165, 1.54) is 0 Å². The number of allylic oxidation sites excluding steroid dienone is 3. The van der Waals surface area contributed by atoms with Crippen LogP contribution < -0.4 is 10.5 Å². The number of halogens is 1. The monoisotopic (exact) mass is 406 g/mol. The van der Waals surface area contributed by atoms with Crippen molar-refractivity contribution in [3.8, 4) is 11.8 Å². The van der Waals surface area contributed by atoms with Crippen LogP contribution in [0.15, 0.2) is 71.3 Å². The van der Waals surface area contributed by atoms with Gasteiger partial charge in [-0.1, -0.05) is 35.9 Å². The Hall–Kier alpha value is -3.23. The van der Waals surface area contributed by atoms with Crippen molar-refractivity contribution in [2.75, 3.05) is 7.11 Å². The molecule has 0 aromatic heterocycles. The first-order valence-electron chi connectivity index (χ1n) is 9.25. The summed E-state index contributed by atoms with van der Waals surface area (Å²) in [5.41, 5.74) is 8.66. The number of ketones is 1. The predicted molar refractivity (Wildman–Crippen MR) is 109 cm³/mol. The Morgan fingerprint density at radius 1 is 1.10 bits per heavy atom. The quantitative estimate of drug-likeness (QED) is 0.807. The summed E-state index contributed by atoms with van der Waals surface area (Å²) < 4.78 is 11.0. The molecule has 146 valence electrons. The molecule has 2 aliphatic rings. The number of carbonyl (C=O) groups is 1. The maximum Gasteiger partial charge on any atom is 0.205 e. The van der Waals surface area contributed by atoms with Gasteiger partial charge in [-0.3, -0.25) is 4.79 Å². The summed E-state index contributed by atoms with van der Waals surface area (Å²) >= 11 is 6.01. The molecule has 5 nitrogen and oxygen atoms in total. The summed E-state index contributed by atoms with van der Waals surface area (Å²) in [7, 11) is 1.62. The molecule has 0 amide bonds. The number of methoxy groups -OCH3 is 1. The number of nitrogens with zero attached hydrogens (tertiary/aromatic N) is 1. The van der Waals surface area contributed by atoms with Gasteiger partial charge in [0.1, 0.15) is 23.2 Å². The molecule has 0 fully saturated rings. The average molecular weight is 407 g/mol. The normalized spacial score (nSPS) is 21.3. The van der Waals surface area contributed by atoms with Crippen LogP contribution in [0.2, 0.25) is 5.02 Å². The van der Waals surface area contributed by atoms with Gasteiger partial charge in [-0.25, -0.2) is 0 Å². The second-order valence-electron chi connectivity index (χ2n) is 7.11. The van der Waals surface area contributed by atoms with Gasteiger partial charge in [0.15, 0.2) is 5.78 Å². The molecule has 1 heterocycles. The highest BCUT2D eigenvalue weighted by atomic mass is 35.5. The van der Waals surface area contributed by atoms with Gasteiger partial charge in [-0.2, -0.15) is 5.26 Å². The first-order chi connectivity index (χ1) is 14.0. The molecule has 2 N–H and O–H groups in total. The number of nitrogens with two attached hydrogens (primary N) is 1. The Morgan fingerprint density at radius 2 is 1.76 bits per heavy atom. The summed E-state index contributed by atoms with van der Waals surface area (Å²) in [6.45, 7) is 0. The molecule has 1 aliphatic heterocycles. The largest absolute Gasteiger partial charge is 0.497 e. The third-order valence-electron chi connectivity index (χ3n) is 5.45. The van der Waals surface area contributed by atoms with Crippen LogP contribution in [0.5, 0.6) is 5.75 Å². The van der Waals surface area contributed by atoms with E-state index >= 15 is 0 Å². The number of ether oxygens (including phenoxy) is 2. The summed E-state index contributed by atoms with van der Waals surface area (Å²) in [5.74, 6) is 0.762. The lowest BCUT2D eigenvalue weighted by atomic mass is 9.73. The van der Waals surface area contributed by atoms with E-state index < -0.39 is 5.92 Å². The van der Waals surface area contributed by atoms with Crippen LogP contribution >= 0.6 is 11.6 Å². The van der Waals surface area contributed by atoms with Crippen LogP contribution in [0, 0.1) is 11.3 Å². The molecule has 6 heteroatoms. The first-order valence-corrected chi connectivity index (χ1v) is 9.63. The third-order valence-corrected chi connectivity index (χ3v) is 5.70. The van der Waals surface area contributed by atoms with Gasteiger partial charge < -0.3 is 15.2 Å². The number of Topliss-reactive ketones (excluding diaryl/α,β-unsaturated/α-hetero) is 1. The highest BCUT2D eigenvalue weighted by molar-refractivity contribution is 6.30. The van der Waals surface area contributed by atoms with Gasteiger partial charge >= 0.3 is 0 Å². The second kappa shape index (κ2) is 7.65. The molecular formula is C23H19ClN2O3. The summed E-state index contributed by atoms with van der Waals surface area (Å²) in [5, 5.41) is 10.2. The van der Waals surface area contributed by atoms with Gasteiger partial charge in [0.05, 0.1) is 13.0 Å². The Kier molecular flexibility index (Phi) is 5.04. The van der Waals surface area contributed by atoms with E-state index in [0.29, 0.717) is 29.2 Å². The zero-order chi connectivity index (χ0) is 20.5. The molecule has 0 saturated carbocycles. The van der Waals surface area contributed by atoms with Crippen LogP contribution in [-0.4, -0.2) is 12.9 Å². The highest BCUT2D eigenvalue weighted by Gasteiger charge is 2.40. The van der Waals surface area contributed by atoms with E-state index in [9.17, 15) is 10.1 Å². The SMILES string of the molecule is COc1ccc([C@H]2CC(=O)C3=C(C2)OC(N)=C(C#N)[C@@H]3c2ccc(Cl)cc2)cc1. The fraction of sp³-hybridized carbons (Fsp3) is 0.217. The molecule has 0 saturated heterocycles. The molecule has 2 atom stereocenters. The average Bonchev–Trinajstić information content (AvgIpc) is 2.73. The zero-order valence-electron chi connectivity index (χ0n) is 15.8. The van der Waals surface area contributed by atoms with E-state index in [2.05, 4.69) is 6.07 Å². The zero-order valence-corrected chi connectivity index (χ0v) is 16.6. The van der Waals surface area contributed by atoms with Crippen molar-refractivity contribution in [1.29, 1.82) is 5.26 Å². The lowest BCUT2D eigenvalue weighted by Crippen LogP contribution is -2.29. The maximum absolute atomic E-state index is 13.2. The van der Waals surface area contributed by atoms with Crippen LogP contribution in [0.25, 0.3) is 0 Å². The molecule has 0 bridgehead atoms. The Labute approximate surface area is 174 Å². The fourth-order valence-electron chi connectivity index (χ4n) is 4.01. The van der Waals surface area contributed by atoms with Crippen LogP contribution in [0.3, 0.4) is 0 Å². The Balaban J connectivity index is 1.74. The summed E-state index contributed by atoms with van der Waals surface area (Å²) in [6.07, 6.45) is 0.883. The number of hydrogen-bond acceptors (Lipinski definition) is 5. The minimum absolute atomic E-state index is 0.0190.